The number of halogens is 3. The number of hydrogen-bond donors (Lipinski definition) is 0. The molecule has 0 radical (unpaired) electrons. The number of benzene rings is 2. The first-order valence-corrected chi connectivity index (χ1v) is 8.42. The minimum absolute atomic E-state index is 0.0274. The normalized spacial score (nSPS) is 18.2. The van der Waals surface area contributed by atoms with Crippen molar-refractivity contribution in [1.29, 1.82) is 0 Å². The van der Waals surface area contributed by atoms with Crippen molar-refractivity contribution >= 4 is 5.91 Å². The van der Waals surface area contributed by atoms with Gasteiger partial charge in [0, 0.05) is 19.0 Å². The van der Waals surface area contributed by atoms with Crippen molar-refractivity contribution in [1.82, 2.24) is 4.90 Å². The van der Waals surface area contributed by atoms with Crippen LogP contribution >= 0.6 is 0 Å². The number of alkyl halides is 3. The monoisotopic (exact) mass is 347 g/mol. The van der Waals surface area contributed by atoms with Crippen LogP contribution in [0.2, 0.25) is 0 Å². The standard InChI is InChI=1S/C20H20F3NO/c21-20(22,23)18-10-8-15(9-11-18)13-19(25)24-12-4-7-17(14-24)16-5-2-1-3-6-16/h1-3,5-6,8-11,17H,4,7,12-14H2. The highest BCUT2D eigenvalue weighted by Crippen LogP contribution is 2.30. The molecule has 0 spiro atoms. The highest BCUT2D eigenvalue weighted by atomic mass is 19.4. The van der Waals surface area contributed by atoms with Crippen molar-refractivity contribution in [2.24, 2.45) is 0 Å². The number of rotatable bonds is 3. The molecule has 0 aliphatic carbocycles. The van der Waals surface area contributed by atoms with Crippen LogP contribution in [0, 0.1) is 0 Å². The largest absolute Gasteiger partial charge is 0.416 e. The van der Waals surface area contributed by atoms with E-state index in [1.165, 1.54) is 17.7 Å². The molecule has 132 valence electrons. The number of nitrogens with zero attached hydrogens (tertiary/aromatic N) is 1. The molecule has 2 nitrogen and oxygen atoms in total. The van der Waals surface area contributed by atoms with Gasteiger partial charge in [-0.05, 0) is 36.1 Å². The molecule has 0 saturated carbocycles. The Bertz CT molecular complexity index is 710. The van der Waals surface area contributed by atoms with E-state index in [2.05, 4.69) is 12.1 Å². The summed E-state index contributed by atoms with van der Waals surface area (Å²) in [6, 6.07) is 15.0. The maximum absolute atomic E-state index is 12.6. The Hall–Kier alpha value is -2.30. The van der Waals surface area contributed by atoms with Crippen LogP contribution in [0.4, 0.5) is 13.2 Å². The average molecular weight is 347 g/mol. The molecule has 1 unspecified atom stereocenters. The van der Waals surface area contributed by atoms with Gasteiger partial charge in [-0.1, -0.05) is 42.5 Å². The fourth-order valence-electron chi connectivity index (χ4n) is 3.30. The lowest BCUT2D eigenvalue weighted by Crippen LogP contribution is -2.39. The van der Waals surface area contributed by atoms with Crippen molar-refractivity contribution in [3.8, 4) is 0 Å². The first kappa shape index (κ1) is 17.5. The van der Waals surface area contributed by atoms with Gasteiger partial charge in [0.15, 0.2) is 0 Å². The molecule has 0 bridgehead atoms. The fraction of sp³-hybridized carbons (Fsp3) is 0.350. The number of carbonyl (C=O) groups excluding carboxylic acids is 1. The lowest BCUT2D eigenvalue weighted by molar-refractivity contribution is -0.137. The molecule has 3 rings (SSSR count). The number of amides is 1. The predicted octanol–water partition coefficient (Wildman–Crippen LogP) is 4.65. The van der Waals surface area contributed by atoms with E-state index in [9.17, 15) is 18.0 Å². The maximum atomic E-state index is 12.6. The smallest absolute Gasteiger partial charge is 0.342 e. The minimum Gasteiger partial charge on any atom is -0.342 e. The molecule has 2 aromatic rings. The highest BCUT2D eigenvalue weighted by Gasteiger charge is 2.30. The van der Waals surface area contributed by atoms with Crippen molar-refractivity contribution in [3.63, 3.8) is 0 Å². The zero-order chi connectivity index (χ0) is 17.9. The molecule has 1 heterocycles. The van der Waals surface area contributed by atoms with Crippen LogP contribution in [0.25, 0.3) is 0 Å². The summed E-state index contributed by atoms with van der Waals surface area (Å²) in [5.41, 5.74) is 1.15. The lowest BCUT2D eigenvalue weighted by Gasteiger charge is -2.33. The Balaban J connectivity index is 1.63. The minimum atomic E-state index is -4.35. The average Bonchev–Trinajstić information content (AvgIpc) is 2.62. The van der Waals surface area contributed by atoms with Gasteiger partial charge in [-0.25, -0.2) is 0 Å². The molecule has 1 amide bonds. The Kier molecular flexibility index (Phi) is 5.11. The zero-order valence-electron chi connectivity index (χ0n) is 13.8. The number of carbonyl (C=O) groups is 1. The number of likely N-dealkylation sites (tertiary alicyclic amines) is 1. The molecular formula is C20H20F3NO. The topological polar surface area (TPSA) is 20.3 Å². The maximum Gasteiger partial charge on any atom is 0.416 e. The van der Waals surface area contributed by atoms with E-state index < -0.39 is 11.7 Å². The molecule has 1 aliphatic heterocycles. The van der Waals surface area contributed by atoms with E-state index in [4.69, 9.17) is 0 Å². The molecule has 0 aromatic heterocycles. The second-order valence-corrected chi connectivity index (χ2v) is 6.46. The molecular weight excluding hydrogens is 327 g/mol. The molecule has 1 saturated heterocycles. The summed E-state index contributed by atoms with van der Waals surface area (Å²) in [6.07, 6.45) is -2.22. The summed E-state index contributed by atoms with van der Waals surface area (Å²) >= 11 is 0. The fourth-order valence-corrected chi connectivity index (χ4v) is 3.30. The Morgan fingerprint density at radius 1 is 1.04 bits per heavy atom. The van der Waals surface area contributed by atoms with Crippen molar-refractivity contribution in [3.05, 3.63) is 71.3 Å². The van der Waals surface area contributed by atoms with Gasteiger partial charge in [0.05, 0.1) is 12.0 Å². The SMILES string of the molecule is O=C(Cc1ccc(C(F)(F)F)cc1)N1CCCC(c2ccccc2)C1. The number of hydrogen-bond acceptors (Lipinski definition) is 1. The van der Waals surface area contributed by atoms with Crippen LogP contribution < -0.4 is 0 Å². The van der Waals surface area contributed by atoms with Crippen molar-refractivity contribution < 1.29 is 18.0 Å². The van der Waals surface area contributed by atoms with Crippen molar-refractivity contribution in [2.45, 2.75) is 31.4 Å². The number of piperidine rings is 1. The molecule has 2 aromatic carbocycles. The van der Waals surface area contributed by atoms with Gasteiger partial charge in [0.1, 0.15) is 0 Å². The Morgan fingerprint density at radius 3 is 2.36 bits per heavy atom. The first-order chi connectivity index (χ1) is 11.9. The predicted molar refractivity (Wildman–Crippen MR) is 90.1 cm³/mol. The molecule has 25 heavy (non-hydrogen) atoms. The summed E-state index contributed by atoms with van der Waals surface area (Å²) < 4.78 is 37.8. The van der Waals surface area contributed by atoms with E-state index in [0.29, 0.717) is 24.6 Å². The van der Waals surface area contributed by atoms with Gasteiger partial charge < -0.3 is 4.90 Å². The summed E-state index contributed by atoms with van der Waals surface area (Å²) in [7, 11) is 0. The summed E-state index contributed by atoms with van der Waals surface area (Å²) in [4.78, 5) is 14.4. The van der Waals surface area contributed by atoms with Crippen LogP contribution in [0.15, 0.2) is 54.6 Å². The Morgan fingerprint density at radius 2 is 1.72 bits per heavy atom. The van der Waals surface area contributed by atoms with Crippen LogP contribution in [0.5, 0.6) is 0 Å². The van der Waals surface area contributed by atoms with Gasteiger partial charge in [0.2, 0.25) is 5.91 Å². The highest BCUT2D eigenvalue weighted by molar-refractivity contribution is 5.79. The zero-order valence-corrected chi connectivity index (χ0v) is 13.8. The van der Waals surface area contributed by atoms with E-state index in [1.807, 2.05) is 23.1 Å². The van der Waals surface area contributed by atoms with E-state index in [-0.39, 0.29) is 12.3 Å². The van der Waals surface area contributed by atoms with E-state index in [0.717, 1.165) is 25.0 Å². The summed E-state index contributed by atoms with van der Waals surface area (Å²) in [5.74, 6) is 0.298. The van der Waals surface area contributed by atoms with Crippen LogP contribution in [-0.2, 0) is 17.4 Å². The van der Waals surface area contributed by atoms with Crippen molar-refractivity contribution in [2.75, 3.05) is 13.1 Å². The first-order valence-electron chi connectivity index (χ1n) is 8.42. The third-order valence-corrected chi connectivity index (χ3v) is 4.68. The van der Waals surface area contributed by atoms with Gasteiger partial charge in [-0.15, -0.1) is 0 Å². The van der Waals surface area contributed by atoms with Gasteiger partial charge in [-0.2, -0.15) is 13.2 Å². The van der Waals surface area contributed by atoms with E-state index >= 15 is 0 Å². The molecule has 1 fully saturated rings. The summed E-state index contributed by atoms with van der Waals surface area (Å²) in [5, 5.41) is 0. The Labute approximate surface area is 145 Å². The quantitative estimate of drug-likeness (QED) is 0.791. The third kappa shape index (κ3) is 4.41. The third-order valence-electron chi connectivity index (χ3n) is 4.68. The van der Waals surface area contributed by atoms with Crippen LogP contribution in [-0.4, -0.2) is 23.9 Å². The molecule has 1 atom stereocenters. The van der Waals surface area contributed by atoms with Crippen LogP contribution in [0.1, 0.15) is 35.4 Å². The lowest BCUT2D eigenvalue weighted by atomic mass is 9.90. The second kappa shape index (κ2) is 7.30. The summed E-state index contributed by atoms with van der Waals surface area (Å²) in [6.45, 7) is 1.38. The molecule has 5 heteroatoms. The van der Waals surface area contributed by atoms with Gasteiger partial charge in [-0.3, -0.25) is 4.79 Å². The van der Waals surface area contributed by atoms with E-state index in [1.54, 1.807) is 0 Å². The molecule has 0 N–H and O–H groups in total. The second-order valence-electron chi connectivity index (χ2n) is 6.46. The van der Waals surface area contributed by atoms with Crippen LogP contribution in [0.3, 0.4) is 0 Å². The molecule has 1 aliphatic rings. The van der Waals surface area contributed by atoms with Gasteiger partial charge in [0.25, 0.3) is 0 Å². The van der Waals surface area contributed by atoms with Gasteiger partial charge >= 0.3 is 6.18 Å².